The minimum atomic E-state index is -0.0302. The number of rotatable bonds is 4. The fourth-order valence-electron chi connectivity index (χ4n) is 3.72. The Balaban J connectivity index is 1.27. The van der Waals surface area contributed by atoms with Gasteiger partial charge in [-0.05, 0) is 48.4 Å². The second-order valence-corrected chi connectivity index (χ2v) is 8.19. The standard InChI is InChI=1S/C24H19BrN4O2/c25-18-3-1-4-19(13-18)31-22-7-6-17(14-27-22)24(30)29-11-8-16(9-12-29)21-15-28-23-20(21)5-2-10-26-23/h1-8,10,13-15H,9,11-12H2,(H,26,28). The van der Waals surface area contributed by atoms with Crippen LogP contribution in [0.3, 0.4) is 0 Å². The summed E-state index contributed by atoms with van der Waals surface area (Å²) in [5.74, 6) is 1.10. The zero-order valence-electron chi connectivity index (χ0n) is 16.6. The summed E-state index contributed by atoms with van der Waals surface area (Å²) in [5.41, 5.74) is 3.83. The van der Waals surface area contributed by atoms with Gasteiger partial charge in [-0.25, -0.2) is 9.97 Å². The van der Waals surface area contributed by atoms with Gasteiger partial charge in [0.25, 0.3) is 5.91 Å². The van der Waals surface area contributed by atoms with Crippen LogP contribution in [0.15, 0.2) is 77.7 Å². The van der Waals surface area contributed by atoms with E-state index >= 15 is 0 Å². The Bertz CT molecular complexity index is 1280. The Morgan fingerprint density at radius 3 is 2.84 bits per heavy atom. The van der Waals surface area contributed by atoms with Crippen LogP contribution in [0, 0.1) is 0 Å². The molecule has 0 spiro atoms. The van der Waals surface area contributed by atoms with Crippen LogP contribution in [-0.4, -0.2) is 38.8 Å². The fraction of sp³-hybridized carbons (Fsp3) is 0.125. The lowest BCUT2D eigenvalue weighted by molar-refractivity contribution is 0.0772. The van der Waals surface area contributed by atoms with Gasteiger partial charge in [-0.2, -0.15) is 0 Å². The molecule has 0 saturated heterocycles. The summed E-state index contributed by atoms with van der Waals surface area (Å²) in [4.78, 5) is 26.6. The summed E-state index contributed by atoms with van der Waals surface area (Å²) >= 11 is 3.42. The van der Waals surface area contributed by atoms with E-state index in [1.807, 2.05) is 41.4 Å². The van der Waals surface area contributed by atoms with E-state index in [2.05, 4.69) is 43.0 Å². The van der Waals surface area contributed by atoms with Crippen LogP contribution in [0.5, 0.6) is 11.6 Å². The first-order valence-corrected chi connectivity index (χ1v) is 10.8. The molecule has 1 aromatic carbocycles. The van der Waals surface area contributed by atoms with E-state index in [9.17, 15) is 4.79 Å². The van der Waals surface area contributed by atoms with Gasteiger partial charge in [0.1, 0.15) is 11.4 Å². The van der Waals surface area contributed by atoms with Gasteiger partial charge in [-0.3, -0.25) is 4.79 Å². The molecule has 1 aliphatic heterocycles. The van der Waals surface area contributed by atoms with Crippen molar-refractivity contribution in [3.05, 3.63) is 88.8 Å². The van der Waals surface area contributed by atoms with E-state index in [1.165, 1.54) is 5.57 Å². The van der Waals surface area contributed by atoms with Crippen molar-refractivity contribution in [1.82, 2.24) is 19.9 Å². The van der Waals surface area contributed by atoms with Crippen LogP contribution in [0.1, 0.15) is 22.3 Å². The third kappa shape index (κ3) is 4.09. The van der Waals surface area contributed by atoms with Gasteiger partial charge in [-0.15, -0.1) is 0 Å². The summed E-state index contributed by atoms with van der Waals surface area (Å²) < 4.78 is 6.68. The van der Waals surface area contributed by atoms with Crippen molar-refractivity contribution < 1.29 is 9.53 Å². The highest BCUT2D eigenvalue weighted by molar-refractivity contribution is 9.10. The molecule has 0 radical (unpaired) electrons. The smallest absolute Gasteiger partial charge is 0.255 e. The molecule has 0 fully saturated rings. The van der Waals surface area contributed by atoms with Gasteiger partial charge in [0.2, 0.25) is 5.88 Å². The van der Waals surface area contributed by atoms with Crippen LogP contribution in [0.4, 0.5) is 0 Å². The van der Waals surface area contributed by atoms with Crippen LogP contribution >= 0.6 is 15.9 Å². The van der Waals surface area contributed by atoms with Crippen molar-refractivity contribution in [2.45, 2.75) is 6.42 Å². The number of H-pyrrole nitrogens is 1. The molecule has 5 rings (SSSR count). The predicted molar refractivity (Wildman–Crippen MR) is 123 cm³/mol. The van der Waals surface area contributed by atoms with Gasteiger partial charge < -0.3 is 14.6 Å². The van der Waals surface area contributed by atoms with Crippen molar-refractivity contribution in [1.29, 1.82) is 0 Å². The third-order valence-electron chi connectivity index (χ3n) is 5.30. The van der Waals surface area contributed by atoms with Crippen molar-refractivity contribution in [2.24, 2.45) is 0 Å². The second-order valence-electron chi connectivity index (χ2n) is 7.28. The van der Waals surface area contributed by atoms with Crippen molar-refractivity contribution in [2.75, 3.05) is 13.1 Å². The van der Waals surface area contributed by atoms with Gasteiger partial charge in [0.05, 0.1) is 5.56 Å². The molecule has 1 amide bonds. The Kier molecular flexibility index (Phi) is 5.26. The normalized spacial score (nSPS) is 13.8. The molecule has 1 N–H and O–H groups in total. The molecule has 4 aromatic rings. The van der Waals surface area contributed by atoms with Gasteiger partial charge in [0.15, 0.2) is 0 Å². The SMILES string of the molecule is O=C(c1ccc(Oc2cccc(Br)c2)nc1)N1CC=C(c2c[nH]c3ncccc23)CC1. The average Bonchev–Trinajstić information content (AvgIpc) is 3.24. The van der Waals surface area contributed by atoms with Crippen LogP contribution in [-0.2, 0) is 0 Å². The zero-order chi connectivity index (χ0) is 21.2. The molecule has 6 nitrogen and oxygen atoms in total. The van der Waals surface area contributed by atoms with E-state index in [-0.39, 0.29) is 5.91 Å². The molecular weight excluding hydrogens is 456 g/mol. The van der Waals surface area contributed by atoms with E-state index < -0.39 is 0 Å². The number of fused-ring (bicyclic) bond motifs is 1. The van der Waals surface area contributed by atoms with Crippen molar-refractivity contribution >= 4 is 38.4 Å². The average molecular weight is 475 g/mol. The molecule has 1 aliphatic rings. The number of aromatic nitrogens is 3. The van der Waals surface area contributed by atoms with E-state index in [0.717, 1.165) is 27.5 Å². The van der Waals surface area contributed by atoms with Gasteiger partial charge in [-0.1, -0.05) is 28.1 Å². The number of nitrogens with one attached hydrogen (secondary N) is 1. The maximum atomic E-state index is 12.9. The minimum Gasteiger partial charge on any atom is -0.439 e. The summed E-state index contributed by atoms with van der Waals surface area (Å²) in [6.07, 6.45) is 8.26. The maximum absolute atomic E-state index is 12.9. The number of amides is 1. The summed E-state index contributed by atoms with van der Waals surface area (Å²) in [6, 6.07) is 15.0. The number of pyridine rings is 2. The first-order chi connectivity index (χ1) is 15.2. The Morgan fingerprint density at radius 1 is 1.13 bits per heavy atom. The van der Waals surface area contributed by atoms with E-state index in [1.54, 1.807) is 24.5 Å². The molecule has 0 saturated carbocycles. The lowest BCUT2D eigenvalue weighted by Crippen LogP contribution is -2.34. The largest absolute Gasteiger partial charge is 0.439 e. The first-order valence-electron chi connectivity index (χ1n) is 9.97. The Labute approximate surface area is 187 Å². The van der Waals surface area contributed by atoms with Crippen LogP contribution < -0.4 is 4.74 Å². The molecule has 3 aromatic heterocycles. The van der Waals surface area contributed by atoms with Crippen molar-refractivity contribution in [3.63, 3.8) is 0 Å². The van der Waals surface area contributed by atoms with E-state index in [0.29, 0.717) is 30.3 Å². The summed E-state index contributed by atoms with van der Waals surface area (Å²) in [6.45, 7) is 1.23. The topological polar surface area (TPSA) is 71.1 Å². The Hall–Kier alpha value is -3.45. The lowest BCUT2D eigenvalue weighted by atomic mass is 9.99. The number of hydrogen-bond donors (Lipinski definition) is 1. The molecule has 154 valence electrons. The monoisotopic (exact) mass is 474 g/mol. The number of aromatic amines is 1. The number of carbonyl (C=O) groups excluding carboxylic acids is 1. The minimum absolute atomic E-state index is 0.0302. The molecule has 0 unspecified atom stereocenters. The predicted octanol–water partition coefficient (Wildman–Crippen LogP) is 5.44. The molecule has 31 heavy (non-hydrogen) atoms. The lowest BCUT2D eigenvalue weighted by Gasteiger charge is -2.26. The van der Waals surface area contributed by atoms with Crippen molar-refractivity contribution in [3.8, 4) is 11.6 Å². The zero-order valence-corrected chi connectivity index (χ0v) is 18.2. The number of hydrogen-bond acceptors (Lipinski definition) is 4. The van der Waals surface area contributed by atoms with Crippen LogP contribution in [0.25, 0.3) is 16.6 Å². The third-order valence-corrected chi connectivity index (χ3v) is 5.79. The highest BCUT2D eigenvalue weighted by Gasteiger charge is 2.21. The number of ether oxygens (including phenoxy) is 1. The number of halogens is 1. The maximum Gasteiger partial charge on any atom is 0.255 e. The molecule has 0 aliphatic carbocycles. The summed E-state index contributed by atoms with van der Waals surface area (Å²) in [5, 5.41) is 1.11. The number of nitrogens with zero attached hydrogens (tertiary/aromatic N) is 3. The molecule has 4 heterocycles. The highest BCUT2D eigenvalue weighted by Crippen LogP contribution is 2.29. The fourth-order valence-corrected chi connectivity index (χ4v) is 4.10. The highest BCUT2D eigenvalue weighted by atomic mass is 79.9. The van der Waals surface area contributed by atoms with Crippen LogP contribution in [0.2, 0.25) is 0 Å². The second kappa shape index (κ2) is 8.35. The number of benzene rings is 1. The quantitative estimate of drug-likeness (QED) is 0.427. The van der Waals surface area contributed by atoms with E-state index in [4.69, 9.17) is 4.74 Å². The number of carbonyl (C=O) groups is 1. The first kappa shape index (κ1) is 19.5. The molecule has 7 heteroatoms. The Morgan fingerprint density at radius 2 is 2.06 bits per heavy atom. The summed E-state index contributed by atoms with van der Waals surface area (Å²) in [7, 11) is 0. The van der Waals surface area contributed by atoms with Gasteiger partial charge in [0, 0.05) is 53.2 Å². The van der Waals surface area contributed by atoms with Gasteiger partial charge >= 0.3 is 0 Å². The molecule has 0 atom stereocenters. The molecular formula is C24H19BrN4O2. The molecule has 0 bridgehead atoms.